The quantitative estimate of drug-likeness (QED) is 0.516. The van der Waals surface area contributed by atoms with Crippen molar-refractivity contribution in [1.29, 1.82) is 0 Å². The largest absolute Gasteiger partial charge is 0.418 e. The molecule has 0 saturated heterocycles. The van der Waals surface area contributed by atoms with Crippen molar-refractivity contribution < 1.29 is 26.9 Å². The molecule has 2 aromatic carbocycles. The number of hydrogen-bond donors (Lipinski definition) is 2. The number of alkyl halides is 3. The summed E-state index contributed by atoms with van der Waals surface area (Å²) in [6, 6.07) is 8.21. The molecule has 0 fully saturated rings. The Labute approximate surface area is 175 Å². The monoisotopic (exact) mass is 433 g/mol. The van der Waals surface area contributed by atoms with Crippen molar-refractivity contribution in [2.45, 2.75) is 38.4 Å². The normalized spacial score (nSPS) is 13.5. The van der Waals surface area contributed by atoms with Gasteiger partial charge in [-0.3, -0.25) is 4.79 Å². The molecule has 1 aliphatic rings. The van der Waals surface area contributed by atoms with E-state index in [9.17, 15) is 22.4 Å². The average molecular weight is 433 g/mol. The van der Waals surface area contributed by atoms with Gasteiger partial charge in [-0.2, -0.15) is 13.2 Å². The Balaban J connectivity index is 1.52. The number of halogens is 4. The van der Waals surface area contributed by atoms with E-state index in [0.29, 0.717) is 5.69 Å². The first-order valence-corrected chi connectivity index (χ1v) is 9.79. The topological polar surface area (TPSA) is 67.2 Å². The molecule has 2 N–H and O–H groups in total. The first-order chi connectivity index (χ1) is 14.8. The molecular weight excluding hydrogens is 414 g/mol. The predicted octanol–water partition coefficient (Wildman–Crippen LogP) is 5.58. The van der Waals surface area contributed by atoms with Gasteiger partial charge < -0.3 is 15.2 Å². The van der Waals surface area contributed by atoms with Crippen LogP contribution in [0.3, 0.4) is 0 Å². The maximum absolute atomic E-state index is 13.6. The minimum atomic E-state index is -4.64. The summed E-state index contributed by atoms with van der Waals surface area (Å²) in [4.78, 5) is 12.2. The molecule has 31 heavy (non-hydrogen) atoms. The smallest absolute Gasteiger partial charge is 0.379 e. The van der Waals surface area contributed by atoms with Gasteiger partial charge in [0.2, 0.25) is 0 Å². The highest BCUT2D eigenvalue weighted by Crippen LogP contribution is 2.37. The first kappa shape index (κ1) is 20.9. The number of benzene rings is 2. The highest BCUT2D eigenvalue weighted by Gasteiger charge is 2.34. The van der Waals surface area contributed by atoms with Gasteiger partial charge in [0.1, 0.15) is 17.3 Å². The third-order valence-corrected chi connectivity index (χ3v) is 5.17. The van der Waals surface area contributed by atoms with Crippen LogP contribution >= 0.6 is 0 Å². The Kier molecular flexibility index (Phi) is 5.67. The molecule has 0 radical (unpaired) electrons. The maximum atomic E-state index is 13.6. The number of nitrogens with one attached hydrogen (secondary N) is 2. The van der Waals surface area contributed by atoms with Gasteiger partial charge >= 0.3 is 6.18 Å². The molecule has 1 aromatic heterocycles. The Morgan fingerprint density at radius 2 is 1.81 bits per heavy atom. The molecule has 0 unspecified atom stereocenters. The lowest BCUT2D eigenvalue weighted by atomic mass is 9.96. The number of aromatic nitrogens is 1. The summed E-state index contributed by atoms with van der Waals surface area (Å²) in [7, 11) is 0. The molecule has 0 bridgehead atoms. The van der Waals surface area contributed by atoms with Crippen LogP contribution in [-0.4, -0.2) is 11.1 Å². The number of anilines is 2. The fourth-order valence-corrected chi connectivity index (χ4v) is 3.58. The lowest BCUT2D eigenvalue weighted by Crippen LogP contribution is -2.15. The molecule has 1 amide bonds. The second-order valence-corrected chi connectivity index (χ2v) is 7.31. The van der Waals surface area contributed by atoms with Crippen LogP contribution in [0.25, 0.3) is 0 Å². The Morgan fingerprint density at radius 1 is 1.06 bits per heavy atom. The van der Waals surface area contributed by atoms with E-state index >= 15 is 0 Å². The summed E-state index contributed by atoms with van der Waals surface area (Å²) in [6.07, 6.45) is -1.03. The molecule has 162 valence electrons. The van der Waals surface area contributed by atoms with Gasteiger partial charge in [0.15, 0.2) is 0 Å². The number of amides is 1. The zero-order chi connectivity index (χ0) is 22.0. The first-order valence-electron chi connectivity index (χ1n) is 9.79. The van der Waals surface area contributed by atoms with E-state index in [4.69, 9.17) is 4.52 Å². The number of fused-ring (bicyclic) bond motifs is 1. The van der Waals surface area contributed by atoms with E-state index in [1.807, 2.05) is 0 Å². The van der Waals surface area contributed by atoms with Gasteiger partial charge in [0.25, 0.3) is 5.91 Å². The molecule has 1 heterocycles. The van der Waals surface area contributed by atoms with Crippen molar-refractivity contribution >= 4 is 17.3 Å². The van der Waals surface area contributed by atoms with Crippen molar-refractivity contribution in [3.8, 4) is 0 Å². The molecule has 0 spiro atoms. The molecule has 5 nitrogen and oxygen atoms in total. The molecule has 0 atom stereocenters. The van der Waals surface area contributed by atoms with Crippen molar-refractivity contribution in [2.24, 2.45) is 0 Å². The SMILES string of the molecule is O=C(Nc1ccc(NCc2noc3c2CCCC3)c(C(F)(F)F)c1)c1ccc(F)cc1. The zero-order valence-corrected chi connectivity index (χ0v) is 16.4. The van der Waals surface area contributed by atoms with Crippen LogP contribution in [0.2, 0.25) is 0 Å². The molecule has 3 aromatic rings. The number of nitrogens with zero attached hydrogens (tertiary/aromatic N) is 1. The third kappa shape index (κ3) is 4.70. The highest BCUT2D eigenvalue weighted by atomic mass is 19.4. The summed E-state index contributed by atoms with van der Waals surface area (Å²) < 4.78 is 59.2. The summed E-state index contributed by atoms with van der Waals surface area (Å²) in [6.45, 7) is 0.100. The molecule has 4 rings (SSSR count). The van der Waals surface area contributed by atoms with Gasteiger partial charge in [-0.25, -0.2) is 4.39 Å². The van der Waals surface area contributed by atoms with Crippen LogP contribution in [0.4, 0.5) is 28.9 Å². The third-order valence-electron chi connectivity index (χ3n) is 5.17. The lowest BCUT2D eigenvalue weighted by Gasteiger charge is -2.16. The van der Waals surface area contributed by atoms with Crippen LogP contribution in [-0.2, 0) is 25.6 Å². The van der Waals surface area contributed by atoms with Crippen LogP contribution < -0.4 is 10.6 Å². The van der Waals surface area contributed by atoms with E-state index in [2.05, 4.69) is 15.8 Å². The minimum absolute atomic E-state index is 0.0222. The van der Waals surface area contributed by atoms with Gasteiger partial charge in [-0.15, -0.1) is 0 Å². The predicted molar refractivity (Wildman–Crippen MR) is 106 cm³/mol. The standard InChI is InChI=1S/C22H19F4N3O2/c23-14-7-5-13(6-8-14)21(30)28-15-9-10-18(17(11-15)22(24,25)26)27-12-19-16-3-1-2-4-20(16)31-29-19/h5-11,27H,1-4,12H2,(H,28,30). The zero-order valence-electron chi connectivity index (χ0n) is 16.4. The number of carbonyl (C=O) groups excluding carboxylic acids is 1. The van der Waals surface area contributed by atoms with E-state index in [1.165, 1.54) is 24.3 Å². The maximum Gasteiger partial charge on any atom is 0.418 e. The van der Waals surface area contributed by atoms with Gasteiger partial charge in [0.05, 0.1) is 12.1 Å². The molecular formula is C22H19F4N3O2. The van der Waals surface area contributed by atoms with E-state index in [0.717, 1.165) is 55.2 Å². The van der Waals surface area contributed by atoms with E-state index in [-0.39, 0.29) is 23.5 Å². The Morgan fingerprint density at radius 3 is 2.55 bits per heavy atom. The van der Waals surface area contributed by atoms with Crippen molar-refractivity contribution in [3.05, 3.63) is 76.4 Å². The molecule has 0 aliphatic heterocycles. The van der Waals surface area contributed by atoms with E-state index < -0.39 is 23.5 Å². The lowest BCUT2D eigenvalue weighted by molar-refractivity contribution is -0.136. The van der Waals surface area contributed by atoms with Crippen molar-refractivity contribution in [2.75, 3.05) is 10.6 Å². The average Bonchev–Trinajstić information content (AvgIpc) is 3.16. The Bertz CT molecular complexity index is 1090. The van der Waals surface area contributed by atoms with Crippen molar-refractivity contribution in [1.82, 2.24) is 5.16 Å². The fourth-order valence-electron chi connectivity index (χ4n) is 3.58. The second-order valence-electron chi connectivity index (χ2n) is 7.31. The number of aryl methyl sites for hydroxylation is 1. The summed E-state index contributed by atoms with van der Waals surface area (Å²) in [5, 5.41) is 9.20. The van der Waals surface area contributed by atoms with Gasteiger partial charge in [-0.1, -0.05) is 5.16 Å². The molecule has 1 aliphatic carbocycles. The van der Waals surface area contributed by atoms with Crippen LogP contribution in [0.15, 0.2) is 47.0 Å². The number of hydrogen-bond acceptors (Lipinski definition) is 4. The summed E-state index contributed by atoms with van der Waals surface area (Å²) in [5.74, 6) is -0.347. The minimum Gasteiger partial charge on any atom is -0.379 e. The van der Waals surface area contributed by atoms with Crippen molar-refractivity contribution in [3.63, 3.8) is 0 Å². The number of rotatable bonds is 5. The highest BCUT2D eigenvalue weighted by molar-refractivity contribution is 6.04. The van der Waals surface area contributed by atoms with Gasteiger partial charge in [0, 0.05) is 28.9 Å². The van der Waals surface area contributed by atoms with Crippen LogP contribution in [0, 0.1) is 5.82 Å². The summed E-state index contributed by atoms with van der Waals surface area (Å²) >= 11 is 0. The Hall–Kier alpha value is -3.36. The summed E-state index contributed by atoms with van der Waals surface area (Å²) in [5.41, 5.74) is 0.646. The fraction of sp³-hybridized carbons (Fsp3) is 0.273. The van der Waals surface area contributed by atoms with Crippen LogP contribution in [0.1, 0.15) is 45.8 Å². The molecule has 9 heteroatoms. The van der Waals surface area contributed by atoms with Crippen LogP contribution in [0.5, 0.6) is 0 Å². The van der Waals surface area contributed by atoms with Gasteiger partial charge in [-0.05, 0) is 61.7 Å². The molecule has 0 saturated carbocycles. The number of carbonyl (C=O) groups is 1. The van der Waals surface area contributed by atoms with E-state index in [1.54, 1.807) is 0 Å². The second kappa shape index (κ2) is 8.41.